The van der Waals surface area contributed by atoms with E-state index in [0.29, 0.717) is 33.8 Å². The summed E-state index contributed by atoms with van der Waals surface area (Å²) in [6.07, 6.45) is 3.21. The van der Waals surface area contributed by atoms with Crippen molar-refractivity contribution in [3.05, 3.63) is 78.9 Å². The lowest BCUT2D eigenvalue weighted by Crippen LogP contribution is -1.90. The molecular weight excluding hydrogens is 371 g/mol. The van der Waals surface area contributed by atoms with Crippen LogP contribution in [0.3, 0.4) is 0 Å². The molecule has 0 saturated carbocycles. The fourth-order valence-corrected chi connectivity index (χ4v) is 3.02. The highest BCUT2D eigenvalue weighted by Gasteiger charge is 2.10. The predicted molar refractivity (Wildman–Crippen MR) is 108 cm³/mol. The molecule has 0 amide bonds. The number of ether oxygens (including phenoxy) is 1. The zero-order valence-electron chi connectivity index (χ0n) is 15.5. The van der Waals surface area contributed by atoms with Crippen molar-refractivity contribution in [2.75, 3.05) is 7.11 Å². The highest BCUT2D eigenvalue weighted by molar-refractivity contribution is 5.73. The van der Waals surface area contributed by atoms with E-state index in [1.165, 1.54) is 18.2 Å². The van der Waals surface area contributed by atoms with Crippen molar-refractivity contribution in [3.8, 4) is 50.9 Å². The average Bonchev–Trinajstić information content (AvgIpc) is 2.76. The zero-order valence-corrected chi connectivity index (χ0v) is 15.5. The number of hydrogen-bond acceptors (Lipinski definition) is 5. The summed E-state index contributed by atoms with van der Waals surface area (Å²) in [5, 5.41) is 20.0. The third kappa shape index (κ3) is 3.73. The molecule has 2 N–H and O–H groups in total. The number of aromatic hydroxyl groups is 2. The molecule has 0 aliphatic carbocycles. The monoisotopic (exact) mass is 388 g/mol. The number of benzene rings is 2. The Kier molecular flexibility index (Phi) is 4.83. The maximum atomic E-state index is 13.5. The van der Waals surface area contributed by atoms with E-state index in [4.69, 9.17) is 4.74 Å². The third-order valence-corrected chi connectivity index (χ3v) is 4.57. The fourth-order valence-electron chi connectivity index (χ4n) is 3.02. The molecule has 0 saturated heterocycles. The summed E-state index contributed by atoms with van der Waals surface area (Å²) >= 11 is 0. The zero-order chi connectivity index (χ0) is 20.4. The van der Waals surface area contributed by atoms with Crippen LogP contribution in [0.5, 0.6) is 17.2 Å². The summed E-state index contributed by atoms with van der Waals surface area (Å²) in [6.45, 7) is 0. The standard InChI is InChI=1S/C23H17FN2O3/c1-29-17-5-9-23(28)19(11-17)15-3-7-21(26-13-15)20-6-2-14(12-25-20)18-10-16(24)4-8-22(18)27/h2-13,27-28H,1H3. The molecule has 5 nitrogen and oxygen atoms in total. The van der Waals surface area contributed by atoms with Crippen LogP contribution in [-0.4, -0.2) is 27.3 Å². The number of aromatic nitrogens is 2. The van der Waals surface area contributed by atoms with Gasteiger partial charge in [-0.25, -0.2) is 4.39 Å². The Balaban J connectivity index is 1.62. The molecule has 2 aromatic heterocycles. The van der Waals surface area contributed by atoms with Crippen molar-refractivity contribution in [3.63, 3.8) is 0 Å². The lowest BCUT2D eigenvalue weighted by Gasteiger charge is -2.09. The molecule has 2 heterocycles. The van der Waals surface area contributed by atoms with Gasteiger partial charge in [0.15, 0.2) is 0 Å². The number of pyridine rings is 2. The molecule has 4 rings (SSSR count). The molecule has 0 aliphatic heterocycles. The van der Waals surface area contributed by atoms with Crippen molar-refractivity contribution >= 4 is 0 Å². The maximum Gasteiger partial charge on any atom is 0.124 e. The van der Waals surface area contributed by atoms with Crippen LogP contribution in [-0.2, 0) is 0 Å². The predicted octanol–water partition coefficient (Wildman–Crippen LogP) is 5.04. The second-order valence-corrected chi connectivity index (χ2v) is 6.41. The minimum atomic E-state index is -0.431. The summed E-state index contributed by atoms with van der Waals surface area (Å²) in [5.41, 5.74) is 3.61. The van der Waals surface area contributed by atoms with Crippen molar-refractivity contribution in [1.29, 1.82) is 0 Å². The van der Waals surface area contributed by atoms with Gasteiger partial charge in [0.2, 0.25) is 0 Å². The van der Waals surface area contributed by atoms with E-state index in [1.54, 1.807) is 55.9 Å². The van der Waals surface area contributed by atoms with Gasteiger partial charge in [0, 0.05) is 34.6 Å². The Morgan fingerprint density at radius 2 is 1.28 bits per heavy atom. The summed E-state index contributed by atoms with van der Waals surface area (Å²) < 4.78 is 18.7. The molecule has 29 heavy (non-hydrogen) atoms. The minimum Gasteiger partial charge on any atom is -0.507 e. The Morgan fingerprint density at radius 1 is 0.724 bits per heavy atom. The molecule has 144 valence electrons. The van der Waals surface area contributed by atoms with Crippen LogP contribution in [0.2, 0.25) is 0 Å². The summed E-state index contributed by atoms with van der Waals surface area (Å²) in [4.78, 5) is 8.81. The molecule has 0 radical (unpaired) electrons. The van der Waals surface area contributed by atoms with Gasteiger partial charge >= 0.3 is 0 Å². The number of rotatable bonds is 4. The number of hydrogen-bond donors (Lipinski definition) is 2. The van der Waals surface area contributed by atoms with E-state index in [1.807, 2.05) is 6.07 Å². The minimum absolute atomic E-state index is 0.0125. The Morgan fingerprint density at radius 3 is 1.79 bits per heavy atom. The molecule has 0 spiro atoms. The van der Waals surface area contributed by atoms with Crippen molar-refractivity contribution < 1.29 is 19.3 Å². The van der Waals surface area contributed by atoms with Gasteiger partial charge < -0.3 is 14.9 Å². The number of phenolic OH excluding ortho intramolecular Hbond substituents is 2. The summed E-state index contributed by atoms with van der Waals surface area (Å²) in [7, 11) is 1.57. The van der Waals surface area contributed by atoms with Crippen LogP contribution in [0.4, 0.5) is 4.39 Å². The SMILES string of the molecule is COc1ccc(O)c(-c2ccc(-c3ccc(-c4cc(F)ccc4O)cn3)nc2)c1. The number of methoxy groups -OCH3 is 1. The fraction of sp³-hybridized carbons (Fsp3) is 0.0435. The van der Waals surface area contributed by atoms with Gasteiger partial charge in [-0.05, 0) is 48.5 Å². The quantitative estimate of drug-likeness (QED) is 0.512. The van der Waals surface area contributed by atoms with Crippen LogP contribution in [0.15, 0.2) is 73.1 Å². The van der Waals surface area contributed by atoms with Crippen molar-refractivity contribution in [2.45, 2.75) is 0 Å². The maximum absolute atomic E-state index is 13.5. The first-order chi connectivity index (χ1) is 14.0. The summed E-state index contributed by atoms with van der Waals surface area (Å²) in [5.74, 6) is 0.332. The van der Waals surface area contributed by atoms with E-state index < -0.39 is 5.82 Å². The normalized spacial score (nSPS) is 10.7. The lowest BCUT2D eigenvalue weighted by molar-refractivity contribution is 0.412. The molecule has 0 aliphatic rings. The lowest BCUT2D eigenvalue weighted by atomic mass is 10.0. The highest BCUT2D eigenvalue weighted by Crippen LogP contribution is 2.33. The highest BCUT2D eigenvalue weighted by atomic mass is 19.1. The molecule has 0 bridgehead atoms. The van der Waals surface area contributed by atoms with Gasteiger partial charge in [-0.15, -0.1) is 0 Å². The topological polar surface area (TPSA) is 75.5 Å². The van der Waals surface area contributed by atoms with E-state index in [-0.39, 0.29) is 11.5 Å². The third-order valence-electron chi connectivity index (χ3n) is 4.57. The second-order valence-electron chi connectivity index (χ2n) is 6.41. The first-order valence-electron chi connectivity index (χ1n) is 8.84. The van der Waals surface area contributed by atoms with Crippen LogP contribution >= 0.6 is 0 Å². The second kappa shape index (κ2) is 7.59. The molecule has 0 fully saturated rings. The first kappa shape index (κ1) is 18.4. The largest absolute Gasteiger partial charge is 0.507 e. The van der Waals surface area contributed by atoms with E-state index >= 15 is 0 Å². The Bertz CT molecular complexity index is 1160. The Labute approximate surface area is 166 Å². The van der Waals surface area contributed by atoms with Gasteiger partial charge in [0.05, 0.1) is 18.5 Å². The van der Waals surface area contributed by atoms with Gasteiger partial charge in [-0.3, -0.25) is 9.97 Å². The number of phenols is 2. The molecule has 6 heteroatoms. The smallest absolute Gasteiger partial charge is 0.124 e. The molecule has 4 aromatic rings. The van der Waals surface area contributed by atoms with Crippen LogP contribution in [0.1, 0.15) is 0 Å². The number of nitrogens with zero attached hydrogens (tertiary/aromatic N) is 2. The molecule has 0 unspecified atom stereocenters. The van der Waals surface area contributed by atoms with Crippen LogP contribution in [0, 0.1) is 5.82 Å². The Hall–Kier alpha value is -3.93. The van der Waals surface area contributed by atoms with E-state index in [2.05, 4.69) is 9.97 Å². The molecule has 2 aromatic carbocycles. The average molecular weight is 388 g/mol. The molecular formula is C23H17FN2O3. The molecule has 0 atom stereocenters. The van der Waals surface area contributed by atoms with Crippen LogP contribution in [0.25, 0.3) is 33.6 Å². The van der Waals surface area contributed by atoms with Gasteiger partial charge in [-0.2, -0.15) is 0 Å². The van der Waals surface area contributed by atoms with Crippen LogP contribution < -0.4 is 4.74 Å². The van der Waals surface area contributed by atoms with Gasteiger partial charge in [0.25, 0.3) is 0 Å². The number of halogens is 1. The van der Waals surface area contributed by atoms with Gasteiger partial charge in [-0.1, -0.05) is 12.1 Å². The van der Waals surface area contributed by atoms with Gasteiger partial charge in [0.1, 0.15) is 23.1 Å². The van der Waals surface area contributed by atoms with Crippen molar-refractivity contribution in [2.24, 2.45) is 0 Å². The summed E-state index contributed by atoms with van der Waals surface area (Å²) in [6, 6.07) is 15.9. The van der Waals surface area contributed by atoms with E-state index in [9.17, 15) is 14.6 Å². The van der Waals surface area contributed by atoms with Crippen molar-refractivity contribution in [1.82, 2.24) is 9.97 Å². The van der Waals surface area contributed by atoms with E-state index in [0.717, 1.165) is 5.56 Å². The first-order valence-corrected chi connectivity index (χ1v) is 8.84.